The quantitative estimate of drug-likeness (QED) is 0.628. The van der Waals surface area contributed by atoms with Gasteiger partial charge < -0.3 is 10.2 Å². The van der Waals surface area contributed by atoms with Gasteiger partial charge in [-0.15, -0.1) is 0 Å². The van der Waals surface area contributed by atoms with E-state index in [-0.39, 0.29) is 5.91 Å². The van der Waals surface area contributed by atoms with Crippen molar-refractivity contribution in [3.8, 4) is 0 Å². The van der Waals surface area contributed by atoms with Crippen LogP contribution in [0.5, 0.6) is 0 Å². The first kappa shape index (κ1) is 12.3. The predicted octanol–water partition coefficient (Wildman–Crippen LogP) is 2.49. The molecule has 1 unspecified atom stereocenters. The largest absolute Gasteiger partial charge is 0.350 e. The average molecular weight is 271 g/mol. The monoisotopic (exact) mass is 270 g/mol. The van der Waals surface area contributed by atoms with Crippen LogP contribution in [0.2, 0.25) is 0 Å². The van der Waals surface area contributed by atoms with Crippen LogP contribution in [0.3, 0.4) is 0 Å². The maximum atomic E-state index is 11.8. The van der Waals surface area contributed by atoms with E-state index in [0.29, 0.717) is 10.9 Å². The summed E-state index contributed by atoms with van der Waals surface area (Å²) in [7, 11) is 1.66. The van der Waals surface area contributed by atoms with Crippen LogP contribution in [0.4, 0.5) is 0 Å². The summed E-state index contributed by atoms with van der Waals surface area (Å²) in [6, 6.07) is 7.79. The number of alkyl halides is 1. The molecule has 1 aromatic carbocycles. The van der Waals surface area contributed by atoms with Crippen molar-refractivity contribution in [1.29, 1.82) is 0 Å². The molecule has 5 heteroatoms. The Balaban J connectivity index is 2.46. The molecule has 1 N–H and O–H groups in total. The van der Waals surface area contributed by atoms with E-state index < -0.39 is 5.50 Å². The molecule has 0 saturated carbocycles. The summed E-state index contributed by atoms with van der Waals surface area (Å²) in [5.74, 6) is -0.216. The number of rotatable bonds is 1. The summed E-state index contributed by atoms with van der Waals surface area (Å²) >= 11 is 11.9. The maximum absolute atomic E-state index is 11.8. The molecular formula is C12H12Cl2N2O. The van der Waals surface area contributed by atoms with Gasteiger partial charge in [-0.3, -0.25) is 4.79 Å². The molecule has 0 aromatic heterocycles. The Kier molecular flexibility index (Phi) is 3.31. The molecule has 2 rings (SSSR count). The highest BCUT2D eigenvalue weighted by Gasteiger charge is 2.30. The molecule has 0 aliphatic carbocycles. The van der Waals surface area contributed by atoms with Crippen molar-refractivity contribution in [3.63, 3.8) is 0 Å². The van der Waals surface area contributed by atoms with Crippen molar-refractivity contribution in [2.45, 2.75) is 12.4 Å². The number of aryl methyl sites for hydroxylation is 1. The van der Waals surface area contributed by atoms with Crippen molar-refractivity contribution in [1.82, 2.24) is 10.2 Å². The molecule has 0 bridgehead atoms. The lowest BCUT2D eigenvalue weighted by atomic mass is 10.1. The number of halogens is 2. The molecule has 17 heavy (non-hydrogen) atoms. The van der Waals surface area contributed by atoms with E-state index in [0.717, 1.165) is 11.1 Å². The fraction of sp³-hybridized carbons (Fsp3) is 0.250. The second-order valence-electron chi connectivity index (χ2n) is 3.93. The fourth-order valence-electron chi connectivity index (χ4n) is 1.70. The van der Waals surface area contributed by atoms with Gasteiger partial charge in [0.25, 0.3) is 5.91 Å². The van der Waals surface area contributed by atoms with Gasteiger partial charge in [0.2, 0.25) is 0 Å². The van der Waals surface area contributed by atoms with Crippen molar-refractivity contribution >= 4 is 34.8 Å². The van der Waals surface area contributed by atoms with Gasteiger partial charge in [0.1, 0.15) is 5.16 Å². The van der Waals surface area contributed by atoms with Gasteiger partial charge in [-0.05, 0) is 6.92 Å². The third-order valence-corrected chi connectivity index (χ3v) is 3.25. The molecule has 1 heterocycles. The van der Waals surface area contributed by atoms with Crippen LogP contribution in [-0.4, -0.2) is 23.4 Å². The van der Waals surface area contributed by atoms with Crippen LogP contribution < -0.4 is 5.32 Å². The normalized spacial score (nSPS) is 20.6. The lowest BCUT2D eigenvalue weighted by Crippen LogP contribution is -2.45. The molecule has 1 aromatic rings. The summed E-state index contributed by atoms with van der Waals surface area (Å²) in [6.07, 6.45) is 0. The van der Waals surface area contributed by atoms with E-state index in [1.54, 1.807) is 7.05 Å². The van der Waals surface area contributed by atoms with E-state index in [4.69, 9.17) is 23.2 Å². The Bertz CT molecular complexity index is 482. The van der Waals surface area contributed by atoms with Crippen LogP contribution in [0, 0.1) is 6.92 Å². The lowest BCUT2D eigenvalue weighted by molar-refractivity contribution is -0.127. The molecule has 0 spiro atoms. The molecule has 1 atom stereocenters. The zero-order valence-corrected chi connectivity index (χ0v) is 11.0. The van der Waals surface area contributed by atoms with E-state index in [1.165, 1.54) is 4.90 Å². The predicted molar refractivity (Wildman–Crippen MR) is 69.5 cm³/mol. The van der Waals surface area contributed by atoms with Crippen molar-refractivity contribution in [3.05, 3.63) is 40.5 Å². The molecule has 1 aliphatic rings. The van der Waals surface area contributed by atoms with Gasteiger partial charge in [-0.2, -0.15) is 0 Å². The number of hydrogen-bond donors (Lipinski definition) is 1. The van der Waals surface area contributed by atoms with Gasteiger partial charge in [-0.25, -0.2) is 0 Å². The van der Waals surface area contributed by atoms with Crippen LogP contribution in [0.25, 0.3) is 5.70 Å². The van der Waals surface area contributed by atoms with Gasteiger partial charge in [0.15, 0.2) is 5.50 Å². The smallest absolute Gasteiger partial charge is 0.264 e. The van der Waals surface area contributed by atoms with Crippen LogP contribution in [-0.2, 0) is 4.79 Å². The Labute approximate surface area is 110 Å². The minimum absolute atomic E-state index is 0.216. The number of carbonyl (C=O) groups is 1. The van der Waals surface area contributed by atoms with E-state index in [2.05, 4.69) is 5.32 Å². The zero-order valence-electron chi connectivity index (χ0n) is 9.50. The highest BCUT2D eigenvalue weighted by atomic mass is 35.5. The zero-order chi connectivity index (χ0) is 12.6. The van der Waals surface area contributed by atoms with Crippen molar-refractivity contribution in [2.24, 2.45) is 0 Å². The highest BCUT2D eigenvalue weighted by Crippen LogP contribution is 2.28. The van der Waals surface area contributed by atoms with E-state index in [1.807, 2.05) is 31.2 Å². The number of amides is 1. The fourth-order valence-corrected chi connectivity index (χ4v) is 2.36. The molecule has 1 amide bonds. The minimum atomic E-state index is -0.804. The Morgan fingerprint density at radius 3 is 2.47 bits per heavy atom. The highest BCUT2D eigenvalue weighted by molar-refractivity contribution is 6.37. The minimum Gasteiger partial charge on any atom is -0.350 e. The first-order valence-electron chi connectivity index (χ1n) is 5.15. The van der Waals surface area contributed by atoms with Crippen LogP contribution in [0.15, 0.2) is 29.4 Å². The SMILES string of the molecule is Cc1ccc(C2=C(Cl)NC(Cl)C(=O)N2C)cc1. The van der Waals surface area contributed by atoms with Crippen molar-refractivity contribution < 1.29 is 4.79 Å². The molecule has 1 aliphatic heterocycles. The Morgan fingerprint density at radius 1 is 1.29 bits per heavy atom. The summed E-state index contributed by atoms with van der Waals surface area (Å²) < 4.78 is 0. The summed E-state index contributed by atoms with van der Waals surface area (Å²) in [4.78, 5) is 13.2. The molecule has 3 nitrogen and oxygen atoms in total. The maximum Gasteiger partial charge on any atom is 0.264 e. The number of hydrogen-bond acceptors (Lipinski definition) is 2. The standard InChI is InChI=1S/C12H12Cl2N2O/c1-7-3-5-8(6-4-7)9-10(13)15-11(14)12(17)16(9)2/h3-6,11,15H,1-2H3. The van der Waals surface area contributed by atoms with Gasteiger partial charge in [0.05, 0.1) is 5.70 Å². The topological polar surface area (TPSA) is 32.3 Å². The molecule has 90 valence electrons. The first-order chi connectivity index (χ1) is 8.00. The van der Waals surface area contributed by atoms with Gasteiger partial charge >= 0.3 is 0 Å². The van der Waals surface area contributed by atoms with E-state index in [9.17, 15) is 4.79 Å². The average Bonchev–Trinajstić information content (AvgIpc) is 2.29. The van der Waals surface area contributed by atoms with Gasteiger partial charge in [0, 0.05) is 12.6 Å². The Hall–Kier alpha value is -1.19. The molecule has 0 saturated heterocycles. The molecular weight excluding hydrogens is 259 g/mol. The third-order valence-electron chi connectivity index (χ3n) is 2.67. The number of nitrogens with zero attached hydrogens (tertiary/aromatic N) is 1. The summed E-state index contributed by atoms with van der Waals surface area (Å²) in [5.41, 5.74) is 1.88. The second-order valence-corrected chi connectivity index (χ2v) is 4.75. The summed E-state index contributed by atoms with van der Waals surface area (Å²) in [5, 5.41) is 3.13. The third kappa shape index (κ3) is 2.26. The second kappa shape index (κ2) is 4.59. The Morgan fingerprint density at radius 2 is 1.88 bits per heavy atom. The number of likely N-dealkylation sites (N-methyl/N-ethyl adjacent to an activating group) is 1. The van der Waals surface area contributed by atoms with Gasteiger partial charge in [-0.1, -0.05) is 53.0 Å². The number of nitrogens with one attached hydrogen (secondary N) is 1. The number of benzene rings is 1. The van der Waals surface area contributed by atoms with Crippen molar-refractivity contribution in [2.75, 3.05) is 7.05 Å². The first-order valence-corrected chi connectivity index (χ1v) is 5.97. The van der Waals surface area contributed by atoms with Crippen LogP contribution in [0.1, 0.15) is 11.1 Å². The molecule has 0 radical (unpaired) electrons. The summed E-state index contributed by atoms with van der Waals surface area (Å²) in [6.45, 7) is 2.00. The lowest BCUT2D eigenvalue weighted by Gasteiger charge is -2.30. The van der Waals surface area contributed by atoms with E-state index >= 15 is 0 Å². The van der Waals surface area contributed by atoms with Crippen LogP contribution >= 0.6 is 23.2 Å². The molecule has 0 fully saturated rings. The number of carbonyl (C=O) groups excluding carboxylic acids is 1.